The quantitative estimate of drug-likeness (QED) is 0.612. The molecule has 1 aromatic rings. The summed E-state index contributed by atoms with van der Waals surface area (Å²) >= 11 is 0. The van der Waals surface area contributed by atoms with Gasteiger partial charge in [0.15, 0.2) is 5.78 Å². The molecular formula is C8H9NO3. The molecule has 0 aliphatic carbocycles. The lowest BCUT2D eigenvalue weighted by molar-refractivity contribution is 0.101. The van der Waals surface area contributed by atoms with Crippen molar-refractivity contribution < 1.29 is 9.90 Å². The highest BCUT2D eigenvalue weighted by Crippen LogP contribution is 2.12. The molecule has 12 heavy (non-hydrogen) atoms. The van der Waals surface area contributed by atoms with Crippen molar-refractivity contribution in [3.05, 3.63) is 28.0 Å². The first-order valence-electron chi connectivity index (χ1n) is 3.44. The maximum Gasteiger partial charge on any atom is 0.253 e. The largest absolute Gasteiger partial charge is 0.494 e. The van der Waals surface area contributed by atoms with Crippen LogP contribution in [0, 0.1) is 0 Å². The molecule has 0 saturated heterocycles. The van der Waals surface area contributed by atoms with E-state index in [0.29, 0.717) is 0 Å². The fourth-order valence-electron chi connectivity index (χ4n) is 0.901. The van der Waals surface area contributed by atoms with E-state index < -0.39 is 0 Å². The summed E-state index contributed by atoms with van der Waals surface area (Å²) in [5.74, 6) is -0.543. The standard InChI is InChI=1S/C8H9NO3/c1-5(10)6-3-4-7(11)9(2)8(6)12/h3-4,12H,1-2H3. The summed E-state index contributed by atoms with van der Waals surface area (Å²) in [4.78, 5) is 21.8. The van der Waals surface area contributed by atoms with Crippen LogP contribution in [0.15, 0.2) is 16.9 Å². The zero-order valence-electron chi connectivity index (χ0n) is 6.87. The number of rotatable bonds is 1. The molecule has 4 nitrogen and oxygen atoms in total. The highest BCUT2D eigenvalue weighted by molar-refractivity contribution is 5.96. The summed E-state index contributed by atoms with van der Waals surface area (Å²) in [7, 11) is 1.41. The predicted molar refractivity (Wildman–Crippen MR) is 43.4 cm³/mol. The van der Waals surface area contributed by atoms with Gasteiger partial charge < -0.3 is 5.11 Å². The van der Waals surface area contributed by atoms with Gasteiger partial charge in [-0.3, -0.25) is 14.2 Å². The smallest absolute Gasteiger partial charge is 0.253 e. The van der Waals surface area contributed by atoms with Gasteiger partial charge in [0.25, 0.3) is 5.56 Å². The second kappa shape index (κ2) is 2.81. The number of carbonyl (C=O) groups is 1. The second-order valence-electron chi connectivity index (χ2n) is 2.52. The van der Waals surface area contributed by atoms with Crippen molar-refractivity contribution in [3.63, 3.8) is 0 Å². The Morgan fingerprint density at radius 3 is 2.58 bits per heavy atom. The molecule has 0 aromatic carbocycles. The van der Waals surface area contributed by atoms with Crippen LogP contribution in [0.25, 0.3) is 0 Å². The summed E-state index contributed by atoms with van der Waals surface area (Å²) in [6.07, 6.45) is 0. The molecule has 0 aliphatic heterocycles. The number of ketones is 1. The van der Waals surface area contributed by atoms with E-state index in [9.17, 15) is 14.7 Å². The summed E-state index contributed by atoms with van der Waals surface area (Å²) in [5.41, 5.74) is -0.172. The van der Waals surface area contributed by atoms with Crippen LogP contribution in [0.2, 0.25) is 0 Å². The number of hydrogen-bond donors (Lipinski definition) is 1. The first kappa shape index (κ1) is 8.52. The predicted octanol–water partition coefficient (Wildman–Crippen LogP) is 0.294. The van der Waals surface area contributed by atoms with Crippen LogP contribution < -0.4 is 5.56 Å². The lowest BCUT2D eigenvalue weighted by Gasteiger charge is -2.03. The average molecular weight is 167 g/mol. The van der Waals surface area contributed by atoms with Crippen LogP contribution in [0.1, 0.15) is 17.3 Å². The minimum Gasteiger partial charge on any atom is -0.494 e. The van der Waals surface area contributed by atoms with E-state index in [0.717, 1.165) is 4.57 Å². The topological polar surface area (TPSA) is 59.3 Å². The van der Waals surface area contributed by atoms with E-state index >= 15 is 0 Å². The molecule has 1 aromatic heterocycles. The van der Waals surface area contributed by atoms with E-state index in [1.54, 1.807) is 0 Å². The minimum atomic E-state index is -0.336. The third-order valence-electron chi connectivity index (χ3n) is 1.66. The van der Waals surface area contributed by atoms with Gasteiger partial charge in [-0.05, 0) is 13.0 Å². The summed E-state index contributed by atoms with van der Waals surface area (Å²) < 4.78 is 1.02. The first-order chi connectivity index (χ1) is 5.54. The lowest BCUT2D eigenvalue weighted by Crippen LogP contribution is -2.16. The van der Waals surface area contributed by atoms with E-state index in [1.807, 2.05) is 0 Å². The molecule has 64 valence electrons. The van der Waals surface area contributed by atoms with Crippen LogP contribution in [-0.2, 0) is 7.05 Å². The monoisotopic (exact) mass is 167 g/mol. The number of Topliss-reactive ketones (excluding diaryl/α,β-unsaturated/α-hetero) is 1. The van der Waals surface area contributed by atoms with Crippen LogP contribution in [0.4, 0.5) is 0 Å². The van der Waals surface area contributed by atoms with E-state index in [-0.39, 0.29) is 22.8 Å². The molecule has 0 amide bonds. The summed E-state index contributed by atoms with van der Waals surface area (Å²) in [6.45, 7) is 1.33. The van der Waals surface area contributed by atoms with Crippen molar-refractivity contribution in [2.75, 3.05) is 0 Å². The number of carbonyl (C=O) groups excluding carboxylic acids is 1. The van der Waals surface area contributed by atoms with Gasteiger partial charge in [0.05, 0.1) is 5.56 Å². The fraction of sp³-hybridized carbons (Fsp3) is 0.250. The van der Waals surface area contributed by atoms with Crippen molar-refractivity contribution in [2.24, 2.45) is 7.05 Å². The molecule has 1 heterocycles. The van der Waals surface area contributed by atoms with Gasteiger partial charge in [0, 0.05) is 13.1 Å². The van der Waals surface area contributed by atoms with Crippen LogP contribution in [0.5, 0.6) is 5.88 Å². The van der Waals surface area contributed by atoms with E-state index in [4.69, 9.17) is 0 Å². The Morgan fingerprint density at radius 2 is 2.08 bits per heavy atom. The second-order valence-corrected chi connectivity index (χ2v) is 2.52. The van der Waals surface area contributed by atoms with Gasteiger partial charge in [0.2, 0.25) is 5.88 Å². The van der Waals surface area contributed by atoms with Crippen molar-refractivity contribution in [3.8, 4) is 5.88 Å². The van der Waals surface area contributed by atoms with E-state index in [2.05, 4.69) is 0 Å². The average Bonchev–Trinajstić information content (AvgIpc) is 2.00. The Kier molecular flexibility index (Phi) is 1.99. The molecule has 1 rings (SSSR count). The van der Waals surface area contributed by atoms with Gasteiger partial charge in [-0.2, -0.15) is 0 Å². The molecular weight excluding hydrogens is 158 g/mol. The summed E-state index contributed by atoms with van der Waals surface area (Å²) in [6, 6.07) is 2.57. The molecule has 0 atom stereocenters. The Balaban J connectivity index is 3.47. The maximum absolute atomic E-state index is 10.9. The Bertz CT molecular complexity index is 378. The highest BCUT2D eigenvalue weighted by atomic mass is 16.3. The Hall–Kier alpha value is -1.58. The third-order valence-corrected chi connectivity index (χ3v) is 1.66. The number of aromatic nitrogens is 1. The molecule has 0 radical (unpaired) electrons. The van der Waals surface area contributed by atoms with E-state index in [1.165, 1.54) is 26.1 Å². The van der Waals surface area contributed by atoms with Crippen LogP contribution in [-0.4, -0.2) is 15.5 Å². The molecule has 0 saturated carbocycles. The number of pyridine rings is 1. The van der Waals surface area contributed by atoms with Gasteiger partial charge in [-0.25, -0.2) is 0 Å². The van der Waals surface area contributed by atoms with Crippen molar-refractivity contribution in [1.29, 1.82) is 0 Å². The molecule has 0 bridgehead atoms. The van der Waals surface area contributed by atoms with Crippen molar-refractivity contribution in [1.82, 2.24) is 4.57 Å². The maximum atomic E-state index is 10.9. The van der Waals surface area contributed by atoms with Crippen LogP contribution in [0.3, 0.4) is 0 Å². The van der Waals surface area contributed by atoms with Gasteiger partial charge in [-0.15, -0.1) is 0 Å². The Morgan fingerprint density at radius 1 is 1.50 bits per heavy atom. The molecule has 0 unspecified atom stereocenters. The normalized spacial score (nSPS) is 9.83. The van der Waals surface area contributed by atoms with Crippen molar-refractivity contribution in [2.45, 2.75) is 6.92 Å². The molecule has 0 spiro atoms. The van der Waals surface area contributed by atoms with Gasteiger partial charge in [0.1, 0.15) is 0 Å². The number of nitrogens with zero attached hydrogens (tertiary/aromatic N) is 1. The highest BCUT2D eigenvalue weighted by Gasteiger charge is 2.08. The minimum absolute atomic E-state index is 0.164. The van der Waals surface area contributed by atoms with Gasteiger partial charge in [-0.1, -0.05) is 0 Å². The summed E-state index contributed by atoms with van der Waals surface area (Å²) in [5, 5.41) is 9.29. The zero-order chi connectivity index (χ0) is 9.30. The van der Waals surface area contributed by atoms with Gasteiger partial charge >= 0.3 is 0 Å². The number of aromatic hydroxyl groups is 1. The molecule has 0 fully saturated rings. The van der Waals surface area contributed by atoms with Crippen molar-refractivity contribution >= 4 is 5.78 Å². The SMILES string of the molecule is CC(=O)c1ccc(=O)n(C)c1O. The Labute approximate surface area is 69.1 Å². The third kappa shape index (κ3) is 1.23. The molecule has 0 aliphatic rings. The number of hydrogen-bond acceptors (Lipinski definition) is 3. The first-order valence-corrected chi connectivity index (χ1v) is 3.44. The molecule has 4 heteroatoms. The molecule has 1 N–H and O–H groups in total. The lowest BCUT2D eigenvalue weighted by atomic mass is 10.2. The fourth-order valence-corrected chi connectivity index (χ4v) is 0.901. The van der Waals surface area contributed by atoms with Crippen LogP contribution >= 0.6 is 0 Å². The zero-order valence-corrected chi connectivity index (χ0v) is 6.87.